The SMILES string of the molecule is CCCCCCCCn1nnc(-c2nn(-c3ccc(Cl)cc3Cl)c(-c3ccc(Cl)cc3)c2C)n1. The van der Waals surface area contributed by atoms with Crippen LogP contribution in [0.1, 0.15) is 51.0 Å². The number of nitrogens with zero attached hydrogens (tertiary/aromatic N) is 6. The highest BCUT2D eigenvalue weighted by Crippen LogP contribution is 2.35. The van der Waals surface area contributed by atoms with Crippen LogP contribution < -0.4 is 0 Å². The zero-order valence-corrected chi connectivity index (χ0v) is 21.6. The minimum atomic E-state index is 0.488. The van der Waals surface area contributed by atoms with Crippen LogP contribution in [0.25, 0.3) is 28.5 Å². The first kappa shape index (κ1) is 24.7. The van der Waals surface area contributed by atoms with E-state index in [9.17, 15) is 0 Å². The molecule has 4 aromatic rings. The first-order chi connectivity index (χ1) is 16.5. The predicted octanol–water partition coefficient (Wildman–Crippen LogP) is 7.82. The van der Waals surface area contributed by atoms with Crippen LogP contribution in [0.3, 0.4) is 0 Å². The summed E-state index contributed by atoms with van der Waals surface area (Å²) in [5, 5.41) is 19.7. The summed E-state index contributed by atoms with van der Waals surface area (Å²) in [6.07, 6.45) is 7.26. The maximum atomic E-state index is 6.55. The molecule has 0 saturated heterocycles. The van der Waals surface area contributed by atoms with E-state index in [0.717, 1.165) is 29.8 Å². The van der Waals surface area contributed by atoms with E-state index in [1.54, 1.807) is 21.6 Å². The van der Waals surface area contributed by atoms with Gasteiger partial charge in [0.05, 0.1) is 22.9 Å². The van der Waals surface area contributed by atoms with Gasteiger partial charge in [0.25, 0.3) is 0 Å². The number of rotatable bonds is 10. The molecule has 0 amide bonds. The zero-order chi connectivity index (χ0) is 24.1. The lowest BCUT2D eigenvalue weighted by Gasteiger charge is -2.11. The molecule has 0 aliphatic heterocycles. The van der Waals surface area contributed by atoms with Crippen molar-refractivity contribution in [3.8, 4) is 28.5 Å². The number of aryl methyl sites for hydroxylation is 1. The van der Waals surface area contributed by atoms with E-state index in [1.807, 2.05) is 37.3 Å². The Morgan fingerprint density at radius 1 is 0.824 bits per heavy atom. The Hall–Kier alpha value is -2.41. The van der Waals surface area contributed by atoms with Crippen LogP contribution in [-0.2, 0) is 6.54 Å². The Balaban J connectivity index is 1.67. The van der Waals surface area contributed by atoms with Crippen molar-refractivity contribution in [2.75, 3.05) is 0 Å². The van der Waals surface area contributed by atoms with Crippen LogP contribution in [0.2, 0.25) is 15.1 Å². The molecule has 0 bridgehead atoms. The van der Waals surface area contributed by atoms with Crippen molar-refractivity contribution in [3.63, 3.8) is 0 Å². The quantitative estimate of drug-likeness (QED) is 0.201. The van der Waals surface area contributed by atoms with Gasteiger partial charge in [0.1, 0.15) is 5.69 Å². The van der Waals surface area contributed by atoms with E-state index in [1.165, 1.54) is 32.1 Å². The number of hydrogen-bond donors (Lipinski definition) is 0. The van der Waals surface area contributed by atoms with Gasteiger partial charge in [-0.3, -0.25) is 0 Å². The van der Waals surface area contributed by atoms with Gasteiger partial charge < -0.3 is 0 Å². The third-order valence-corrected chi connectivity index (χ3v) is 6.54. The van der Waals surface area contributed by atoms with Gasteiger partial charge >= 0.3 is 0 Å². The second-order valence-corrected chi connectivity index (χ2v) is 9.59. The number of unbranched alkanes of at least 4 members (excludes halogenated alkanes) is 5. The van der Waals surface area contributed by atoms with E-state index in [0.29, 0.717) is 32.3 Å². The summed E-state index contributed by atoms with van der Waals surface area (Å²) < 4.78 is 1.81. The first-order valence-corrected chi connectivity index (χ1v) is 12.7. The van der Waals surface area contributed by atoms with Crippen LogP contribution in [0.15, 0.2) is 42.5 Å². The fourth-order valence-electron chi connectivity index (χ4n) is 3.95. The summed E-state index contributed by atoms with van der Waals surface area (Å²) in [6.45, 7) is 4.97. The molecule has 34 heavy (non-hydrogen) atoms. The zero-order valence-electron chi connectivity index (χ0n) is 19.3. The van der Waals surface area contributed by atoms with Crippen LogP contribution in [0.5, 0.6) is 0 Å². The molecule has 0 aliphatic rings. The maximum Gasteiger partial charge on any atom is 0.225 e. The van der Waals surface area contributed by atoms with Crippen LogP contribution >= 0.6 is 34.8 Å². The van der Waals surface area contributed by atoms with Gasteiger partial charge in [-0.15, -0.1) is 10.2 Å². The standard InChI is InChI=1S/C25H27Cl3N6/c1-3-4-5-6-7-8-15-33-31-25(29-32-33)23-17(2)24(18-9-11-19(26)12-10-18)34(30-23)22-14-13-20(27)16-21(22)28/h9-14,16H,3-8,15H2,1-2H3. The first-order valence-electron chi connectivity index (χ1n) is 11.6. The molecule has 0 aliphatic carbocycles. The van der Waals surface area contributed by atoms with Crippen LogP contribution in [0, 0.1) is 6.92 Å². The molecular weight excluding hydrogens is 491 g/mol. The van der Waals surface area contributed by atoms with Gasteiger partial charge in [0, 0.05) is 21.2 Å². The van der Waals surface area contributed by atoms with Gasteiger partial charge in [-0.1, -0.05) is 86.0 Å². The monoisotopic (exact) mass is 516 g/mol. The second kappa shape index (κ2) is 11.3. The molecule has 0 unspecified atom stereocenters. The minimum absolute atomic E-state index is 0.488. The molecule has 9 heteroatoms. The Kier molecular flexibility index (Phi) is 8.24. The molecule has 6 nitrogen and oxygen atoms in total. The summed E-state index contributed by atoms with van der Waals surface area (Å²) in [4.78, 5) is 1.66. The summed E-state index contributed by atoms with van der Waals surface area (Å²) in [6, 6.07) is 13.0. The number of benzene rings is 2. The van der Waals surface area contributed by atoms with E-state index < -0.39 is 0 Å². The average Bonchev–Trinajstić information content (AvgIpc) is 3.41. The van der Waals surface area contributed by atoms with Crippen molar-refractivity contribution >= 4 is 34.8 Å². The maximum absolute atomic E-state index is 6.55. The molecule has 2 aromatic heterocycles. The molecule has 4 rings (SSSR count). The van der Waals surface area contributed by atoms with Crippen molar-refractivity contribution in [1.29, 1.82) is 0 Å². The molecule has 2 heterocycles. The second-order valence-electron chi connectivity index (χ2n) is 8.31. The van der Waals surface area contributed by atoms with Gasteiger partial charge in [-0.05, 0) is 48.9 Å². The highest BCUT2D eigenvalue weighted by molar-refractivity contribution is 6.35. The summed E-state index contributed by atoms with van der Waals surface area (Å²) in [5.41, 5.74) is 4.12. The number of tetrazole rings is 1. The topological polar surface area (TPSA) is 61.4 Å². The minimum Gasteiger partial charge on any atom is -0.231 e. The molecule has 0 atom stereocenters. The molecule has 0 N–H and O–H groups in total. The molecule has 0 saturated carbocycles. The molecular formula is C25H27Cl3N6. The highest BCUT2D eigenvalue weighted by Gasteiger charge is 2.22. The fourth-order valence-corrected chi connectivity index (χ4v) is 4.56. The summed E-state index contributed by atoms with van der Waals surface area (Å²) in [7, 11) is 0. The summed E-state index contributed by atoms with van der Waals surface area (Å²) in [5.74, 6) is 0.488. The number of aromatic nitrogens is 6. The number of hydrogen-bond acceptors (Lipinski definition) is 4. The molecule has 2 aromatic carbocycles. The van der Waals surface area contributed by atoms with Gasteiger partial charge in [0.2, 0.25) is 5.82 Å². The predicted molar refractivity (Wildman–Crippen MR) is 139 cm³/mol. The molecule has 178 valence electrons. The third kappa shape index (κ3) is 5.62. The van der Waals surface area contributed by atoms with Crippen LogP contribution in [-0.4, -0.2) is 30.0 Å². The lowest BCUT2D eigenvalue weighted by atomic mass is 10.1. The van der Waals surface area contributed by atoms with E-state index in [2.05, 4.69) is 22.3 Å². The van der Waals surface area contributed by atoms with Crippen molar-refractivity contribution in [2.45, 2.75) is 58.9 Å². The highest BCUT2D eigenvalue weighted by atomic mass is 35.5. The van der Waals surface area contributed by atoms with Crippen molar-refractivity contribution in [2.24, 2.45) is 0 Å². The normalized spacial score (nSPS) is 11.3. The average molecular weight is 518 g/mol. The summed E-state index contributed by atoms with van der Waals surface area (Å²) >= 11 is 18.8. The van der Waals surface area contributed by atoms with Gasteiger partial charge in [0.15, 0.2) is 0 Å². The van der Waals surface area contributed by atoms with Crippen molar-refractivity contribution in [1.82, 2.24) is 30.0 Å². The molecule has 0 fully saturated rings. The van der Waals surface area contributed by atoms with Crippen molar-refractivity contribution < 1.29 is 0 Å². The third-order valence-electron chi connectivity index (χ3n) is 5.75. The number of halogens is 3. The Morgan fingerprint density at radius 2 is 1.53 bits per heavy atom. The Labute approximate surface area is 214 Å². The molecule has 0 spiro atoms. The van der Waals surface area contributed by atoms with Gasteiger partial charge in [-0.2, -0.15) is 9.90 Å². The fraction of sp³-hybridized carbons (Fsp3) is 0.360. The smallest absolute Gasteiger partial charge is 0.225 e. The largest absolute Gasteiger partial charge is 0.231 e. The van der Waals surface area contributed by atoms with E-state index in [4.69, 9.17) is 39.9 Å². The lowest BCUT2D eigenvalue weighted by molar-refractivity contribution is 0.474. The van der Waals surface area contributed by atoms with Gasteiger partial charge in [-0.25, -0.2) is 4.68 Å². The Bertz CT molecular complexity index is 1250. The Morgan fingerprint density at radius 3 is 2.26 bits per heavy atom. The lowest BCUT2D eigenvalue weighted by Crippen LogP contribution is -2.02. The van der Waals surface area contributed by atoms with Crippen LogP contribution in [0.4, 0.5) is 0 Å². The molecule has 0 radical (unpaired) electrons. The van der Waals surface area contributed by atoms with Crippen molar-refractivity contribution in [3.05, 3.63) is 63.1 Å². The van der Waals surface area contributed by atoms with E-state index >= 15 is 0 Å². The van der Waals surface area contributed by atoms with E-state index in [-0.39, 0.29) is 0 Å².